The van der Waals surface area contributed by atoms with Crippen LogP contribution in [0.3, 0.4) is 0 Å². The first-order chi connectivity index (χ1) is 15.5. The lowest BCUT2D eigenvalue weighted by Gasteiger charge is -2.26. The minimum Gasteiger partial charge on any atom is -0.467 e. The highest BCUT2D eigenvalue weighted by Crippen LogP contribution is 2.21. The van der Waals surface area contributed by atoms with E-state index in [1.165, 1.54) is 4.31 Å². The number of morpholine rings is 1. The Morgan fingerprint density at radius 2 is 1.84 bits per heavy atom. The molecule has 4 rings (SSSR count). The molecule has 0 unspecified atom stereocenters. The van der Waals surface area contributed by atoms with E-state index < -0.39 is 16.0 Å². The van der Waals surface area contributed by atoms with Gasteiger partial charge in [-0.1, -0.05) is 24.3 Å². The Morgan fingerprint density at radius 3 is 2.62 bits per heavy atom. The van der Waals surface area contributed by atoms with Gasteiger partial charge in [0, 0.05) is 18.8 Å². The van der Waals surface area contributed by atoms with Crippen LogP contribution in [0.15, 0.2) is 76.2 Å². The number of rotatable bonds is 8. The van der Waals surface area contributed by atoms with E-state index in [2.05, 4.69) is 5.32 Å². The molecule has 1 aliphatic heterocycles. The Balaban J connectivity index is 1.42. The van der Waals surface area contributed by atoms with Gasteiger partial charge >= 0.3 is 5.97 Å². The summed E-state index contributed by atoms with van der Waals surface area (Å²) in [7, 11) is -3.62. The third-order valence-electron chi connectivity index (χ3n) is 5.06. The molecule has 0 atom stereocenters. The Bertz CT molecular complexity index is 1150. The van der Waals surface area contributed by atoms with Crippen LogP contribution in [0.5, 0.6) is 0 Å². The molecule has 32 heavy (non-hydrogen) atoms. The van der Waals surface area contributed by atoms with E-state index in [1.807, 2.05) is 12.1 Å². The second kappa shape index (κ2) is 9.99. The number of esters is 1. The summed E-state index contributed by atoms with van der Waals surface area (Å²) in [5.41, 5.74) is 1.60. The molecule has 1 aliphatic rings. The maximum Gasteiger partial charge on any atom is 0.340 e. The van der Waals surface area contributed by atoms with E-state index in [1.54, 1.807) is 54.8 Å². The van der Waals surface area contributed by atoms with Crippen LogP contribution in [0, 0.1) is 0 Å². The second-order valence-electron chi connectivity index (χ2n) is 7.22. The lowest BCUT2D eigenvalue weighted by atomic mass is 10.1. The number of benzene rings is 2. The van der Waals surface area contributed by atoms with Gasteiger partial charge in [0.25, 0.3) is 0 Å². The Kier molecular flexibility index (Phi) is 6.89. The van der Waals surface area contributed by atoms with Crippen molar-refractivity contribution in [3.63, 3.8) is 0 Å². The number of sulfonamides is 1. The number of ether oxygens (including phenoxy) is 2. The van der Waals surface area contributed by atoms with Crippen molar-refractivity contribution in [1.82, 2.24) is 4.31 Å². The van der Waals surface area contributed by atoms with E-state index in [4.69, 9.17) is 13.9 Å². The van der Waals surface area contributed by atoms with E-state index in [0.29, 0.717) is 49.7 Å². The highest BCUT2D eigenvalue weighted by atomic mass is 32.2. The summed E-state index contributed by atoms with van der Waals surface area (Å²) < 4.78 is 43.1. The molecule has 168 valence electrons. The van der Waals surface area contributed by atoms with Crippen LogP contribution in [-0.2, 0) is 32.6 Å². The van der Waals surface area contributed by atoms with Gasteiger partial charge in [0.05, 0.1) is 36.5 Å². The topological polar surface area (TPSA) is 98.1 Å². The highest BCUT2D eigenvalue weighted by Gasteiger charge is 2.26. The number of carbonyl (C=O) groups is 1. The molecule has 1 aromatic heterocycles. The SMILES string of the molecule is O=C(OCc1cccc(S(=O)(=O)N2CCOCC2)c1)c1ccccc1NCc1ccco1. The average molecular weight is 457 g/mol. The van der Waals surface area contributed by atoms with Crippen molar-refractivity contribution in [2.75, 3.05) is 31.6 Å². The number of nitrogens with zero attached hydrogens (tertiary/aromatic N) is 1. The smallest absolute Gasteiger partial charge is 0.340 e. The number of carbonyl (C=O) groups excluding carboxylic acids is 1. The summed E-state index contributed by atoms with van der Waals surface area (Å²) in [6, 6.07) is 17.1. The summed E-state index contributed by atoms with van der Waals surface area (Å²) in [6.07, 6.45) is 1.59. The van der Waals surface area contributed by atoms with Gasteiger partial charge in [0.2, 0.25) is 10.0 Å². The van der Waals surface area contributed by atoms with Crippen molar-refractivity contribution >= 4 is 21.7 Å². The van der Waals surface area contributed by atoms with Crippen LogP contribution in [0.1, 0.15) is 21.7 Å². The van der Waals surface area contributed by atoms with Gasteiger partial charge in [-0.25, -0.2) is 13.2 Å². The quantitative estimate of drug-likeness (QED) is 0.520. The van der Waals surface area contributed by atoms with Crippen molar-refractivity contribution in [2.24, 2.45) is 0 Å². The van der Waals surface area contributed by atoms with E-state index >= 15 is 0 Å². The molecule has 9 heteroatoms. The summed E-state index contributed by atoms with van der Waals surface area (Å²) in [4.78, 5) is 12.9. The fraction of sp³-hybridized carbons (Fsp3) is 0.261. The first kappa shape index (κ1) is 22.1. The normalized spacial score (nSPS) is 14.8. The third kappa shape index (κ3) is 5.18. The molecule has 0 saturated carbocycles. The predicted molar refractivity (Wildman–Crippen MR) is 118 cm³/mol. The fourth-order valence-corrected chi connectivity index (χ4v) is 4.85. The zero-order valence-electron chi connectivity index (χ0n) is 17.4. The number of hydrogen-bond donors (Lipinski definition) is 1. The summed E-state index contributed by atoms with van der Waals surface area (Å²) >= 11 is 0. The number of anilines is 1. The first-order valence-corrected chi connectivity index (χ1v) is 11.7. The van der Waals surface area contributed by atoms with Gasteiger partial charge in [-0.05, 0) is 42.0 Å². The van der Waals surface area contributed by atoms with Crippen molar-refractivity contribution in [1.29, 1.82) is 0 Å². The van der Waals surface area contributed by atoms with E-state index in [-0.39, 0.29) is 11.5 Å². The fourth-order valence-electron chi connectivity index (χ4n) is 3.37. The van der Waals surface area contributed by atoms with Gasteiger partial charge in [-0.2, -0.15) is 4.31 Å². The van der Waals surface area contributed by atoms with Gasteiger partial charge < -0.3 is 19.2 Å². The third-order valence-corrected chi connectivity index (χ3v) is 6.95. The minimum absolute atomic E-state index is 0.0438. The first-order valence-electron chi connectivity index (χ1n) is 10.2. The molecule has 0 radical (unpaired) electrons. The molecule has 0 bridgehead atoms. The lowest BCUT2D eigenvalue weighted by Crippen LogP contribution is -2.40. The molecule has 2 aromatic carbocycles. The van der Waals surface area contributed by atoms with E-state index in [0.717, 1.165) is 5.76 Å². The number of para-hydroxylation sites is 1. The standard InChI is InChI=1S/C23H24N2O6S/c26-23(21-8-1-2-9-22(21)24-16-19-6-4-12-30-19)31-17-18-5-3-7-20(15-18)32(27,28)25-10-13-29-14-11-25/h1-9,12,15,24H,10-11,13-14,16-17H2. The van der Waals surface area contributed by atoms with Crippen molar-refractivity contribution in [3.8, 4) is 0 Å². The molecule has 1 fully saturated rings. The van der Waals surface area contributed by atoms with Crippen molar-refractivity contribution in [2.45, 2.75) is 18.0 Å². The number of nitrogens with one attached hydrogen (secondary N) is 1. The molecule has 0 aliphatic carbocycles. The molecule has 2 heterocycles. The zero-order chi connectivity index (χ0) is 22.4. The zero-order valence-corrected chi connectivity index (χ0v) is 18.2. The largest absolute Gasteiger partial charge is 0.467 e. The molecule has 1 saturated heterocycles. The predicted octanol–water partition coefficient (Wildman–Crippen LogP) is 3.27. The Labute approximate surface area is 186 Å². The lowest BCUT2D eigenvalue weighted by molar-refractivity contribution is 0.0473. The van der Waals surface area contributed by atoms with Gasteiger partial charge in [0.15, 0.2) is 0 Å². The van der Waals surface area contributed by atoms with E-state index in [9.17, 15) is 13.2 Å². The number of hydrogen-bond acceptors (Lipinski definition) is 7. The number of furan rings is 1. The van der Waals surface area contributed by atoms with Crippen molar-refractivity contribution in [3.05, 3.63) is 83.8 Å². The molecule has 8 nitrogen and oxygen atoms in total. The van der Waals surface area contributed by atoms with Crippen LogP contribution in [0.2, 0.25) is 0 Å². The summed E-state index contributed by atoms with van der Waals surface area (Å²) in [5.74, 6) is 0.237. The van der Waals surface area contributed by atoms with Crippen LogP contribution in [-0.4, -0.2) is 45.0 Å². The van der Waals surface area contributed by atoms with Crippen LogP contribution in [0.4, 0.5) is 5.69 Å². The average Bonchev–Trinajstić information content (AvgIpc) is 3.36. The van der Waals surface area contributed by atoms with Crippen LogP contribution in [0.25, 0.3) is 0 Å². The molecule has 3 aromatic rings. The Morgan fingerprint density at radius 1 is 1.03 bits per heavy atom. The maximum atomic E-state index is 12.9. The summed E-state index contributed by atoms with van der Waals surface area (Å²) in [6.45, 7) is 1.79. The minimum atomic E-state index is -3.62. The van der Waals surface area contributed by atoms with Gasteiger partial charge in [0.1, 0.15) is 12.4 Å². The van der Waals surface area contributed by atoms with Crippen molar-refractivity contribution < 1.29 is 27.1 Å². The molecular weight excluding hydrogens is 432 g/mol. The molecule has 1 N–H and O–H groups in total. The Hall–Kier alpha value is -3.14. The highest BCUT2D eigenvalue weighted by molar-refractivity contribution is 7.89. The van der Waals surface area contributed by atoms with Crippen LogP contribution < -0.4 is 5.32 Å². The maximum absolute atomic E-state index is 12.9. The van der Waals surface area contributed by atoms with Crippen LogP contribution >= 0.6 is 0 Å². The van der Waals surface area contributed by atoms with Gasteiger partial charge in [-0.3, -0.25) is 0 Å². The summed E-state index contributed by atoms with van der Waals surface area (Å²) in [5, 5.41) is 3.17. The monoisotopic (exact) mass is 456 g/mol. The molecular formula is C23H24N2O6S. The second-order valence-corrected chi connectivity index (χ2v) is 9.16. The molecule has 0 spiro atoms. The van der Waals surface area contributed by atoms with Gasteiger partial charge in [-0.15, -0.1) is 0 Å². The molecule has 0 amide bonds.